The Kier molecular flexibility index (Phi) is 4.12. The number of hydrogen-bond donors (Lipinski definition) is 3. The van der Waals surface area contributed by atoms with Crippen molar-refractivity contribution < 1.29 is 14.7 Å². The Hall–Kier alpha value is -2.24. The highest BCUT2D eigenvalue weighted by Crippen LogP contribution is 2.22. The molecule has 20 heavy (non-hydrogen) atoms. The molecule has 0 aromatic heterocycles. The first kappa shape index (κ1) is 14.2. The van der Waals surface area contributed by atoms with E-state index in [-0.39, 0.29) is 11.9 Å². The van der Waals surface area contributed by atoms with Gasteiger partial charge < -0.3 is 20.6 Å². The van der Waals surface area contributed by atoms with E-state index >= 15 is 0 Å². The molecule has 1 atom stereocenters. The molecular weight excluding hydrogens is 258 g/mol. The Morgan fingerprint density at radius 3 is 2.90 bits per heavy atom. The van der Waals surface area contributed by atoms with Crippen molar-refractivity contribution in [3.05, 3.63) is 29.3 Å². The first-order valence-corrected chi connectivity index (χ1v) is 6.60. The largest absolute Gasteiger partial charge is 0.465 e. The van der Waals surface area contributed by atoms with E-state index in [9.17, 15) is 9.59 Å². The van der Waals surface area contributed by atoms with Crippen LogP contribution < -0.4 is 10.6 Å². The van der Waals surface area contributed by atoms with Crippen LogP contribution in [0.5, 0.6) is 0 Å². The van der Waals surface area contributed by atoms with Crippen molar-refractivity contribution in [3.8, 4) is 0 Å². The number of carbonyl (C=O) groups is 2. The SMILES string of the molecule is CNc1ccc2c(c1)CCN(C[C@@H](C)NC(=O)O)C2=O. The molecule has 2 rings (SSSR count). The molecule has 0 fully saturated rings. The van der Waals surface area contributed by atoms with Crippen LogP contribution >= 0.6 is 0 Å². The fourth-order valence-electron chi connectivity index (χ4n) is 2.45. The highest BCUT2D eigenvalue weighted by Gasteiger charge is 2.25. The van der Waals surface area contributed by atoms with Gasteiger partial charge >= 0.3 is 6.09 Å². The number of benzene rings is 1. The first-order valence-electron chi connectivity index (χ1n) is 6.60. The van der Waals surface area contributed by atoms with E-state index in [0.29, 0.717) is 18.7 Å². The molecule has 0 spiro atoms. The monoisotopic (exact) mass is 277 g/mol. The van der Waals surface area contributed by atoms with Crippen molar-refractivity contribution >= 4 is 17.7 Å². The van der Waals surface area contributed by atoms with Crippen LogP contribution in [0.15, 0.2) is 18.2 Å². The lowest BCUT2D eigenvalue weighted by molar-refractivity contribution is 0.0723. The van der Waals surface area contributed by atoms with Crippen molar-refractivity contribution in [2.24, 2.45) is 0 Å². The highest BCUT2D eigenvalue weighted by molar-refractivity contribution is 5.97. The molecule has 2 amide bonds. The van der Waals surface area contributed by atoms with Crippen LogP contribution in [0, 0.1) is 0 Å². The third kappa shape index (κ3) is 3.01. The number of fused-ring (bicyclic) bond motifs is 1. The third-order valence-corrected chi connectivity index (χ3v) is 3.43. The van der Waals surface area contributed by atoms with Gasteiger partial charge in [-0.15, -0.1) is 0 Å². The molecule has 0 bridgehead atoms. The van der Waals surface area contributed by atoms with Gasteiger partial charge in [0.15, 0.2) is 0 Å². The van der Waals surface area contributed by atoms with E-state index in [0.717, 1.165) is 17.7 Å². The maximum Gasteiger partial charge on any atom is 0.404 e. The van der Waals surface area contributed by atoms with Gasteiger partial charge in [-0.2, -0.15) is 0 Å². The molecule has 3 N–H and O–H groups in total. The Bertz CT molecular complexity index is 530. The van der Waals surface area contributed by atoms with Crippen molar-refractivity contribution in [2.45, 2.75) is 19.4 Å². The molecule has 6 heteroatoms. The Morgan fingerprint density at radius 2 is 2.25 bits per heavy atom. The first-order chi connectivity index (χ1) is 9.51. The molecular formula is C14H19N3O3. The van der Waals surface area contributed by atoms with Crippen molar-refractivity contribution in [1.29, 1.82) is 0 Å². The molecule has 1 aromatic rings. The zero-order valence-corrected chi connectivity index (χ0v) is 11.6. The van der Waals surface area contributed by atoms with E-state index in [1.807, 2.05) is 25.2 Å². The quantitative estimate of drug-likeness (QED) is 0.776. The second kappa shape index (κ2) is 5.81. The summed E-state index contributed by atoms with van der Waals surface area (Å²) in [6.45, 7) is 2.75. The average Bonchev–Trinajstić information content (AvgIpc) is 2.40. The second-order valence-corrected chi connectivity index (χ2v) is 4.97. The average molecular weight is 277 g/mol. The lowest BCUT2D eigenvalue weighted by Crippen LogP contribution is -2.46. The van der Waals surface area contributed by atoms with Gasteiger partial charge in [-0.25, -0.2) is 4.79 Å². The summed E-state index contributed by atoms with van der Waals surface area (Å²) in [4.78, 5) is 24.6. The van der Waals surface area contributed by atoms with Gasteiger partial charge in [0, 0.05) is 37.4 Å². The highest BCUT2D eigenvalue weighted by atomic mass is 16.4. The molecule has 0 radical (unpaired) electrons. The summed E-state index contributed by atoms with van der Waals surface area (Å²) >= 11 is 0. The molecule has 0 aliphatic carbocycles. The number of amides is 2. The minimum Gasteiger partial charge on any atom is -0.465 e. The topological polar surface area (TPSA) is 81.7 Å². The summed E-state index contributed by atoms with van der Waals surface area (Å²) in [6, 6.07) is 5.41. The van der Waals surface area contributed by atoms with E-state index in [1.165, 1.54) is 0 Å². The van der Waals surface area contributed by atoms with E-state index in [1.54, 1.807) is 11.8 Å². The number of nitrogens with zero attached hydrogens (tertiary/aromatic N) is 1. The van der Waals surface area contributed by atoms with Crippen LogP contribution in [0.3, 0.4) is 0 Å². The van der Waals surface area contributed by atoms with Crippen molar-refractivity contribution in [3.63, 3.8) is 0 Å². The fraction of sp³-hybridized carbons (Fsp3) is 0.429. The summed E-state index contributed by atoms with van der Waals surface area (Å²) in [6.07, 6.45) is -0.280. The number of nitrogens with one attached hydrogen (secondary N) is 2. The molecule has 1 aliphatic heterocycles. The van der Waals surface area contributed by atoms with Gasteiger partial charge in [0.05, 0.1) is 0 Å². The van der Waals surface area contributed by atoms with Gasteiger partial charge in [0.2, 0.25) is 0 Å². The van der Waals surface area contributed by atoms with Gasteiger partial charge in [-0.05, 0) is 37.1 Å². The van der Waals surface area contributed by atoms with Gasteiger partial charge in [-0.1, -0.05) is 0 Å². The van der Waals surface area contributed by atoms with Crippen LogP contribution in [0.4, 0.5) is 10.5 Å². The predicted octanol–water partition coefficient (Wildman–Crippen LogP) is 1.38. The Balaban J connectivity index is 2.09. The maximum atomic E-state index is 12.4. The molecule has 108 valence electrons. The van der Waals surface area contributed by atoms with Crippen molar-refractivity contribution in [1.82, 2.24) is 10.2 Å². The Morgan fingerprint density at radius 1 is 1.50 bits per heavy atom. The third-order valence-electron chi connectivity index (χ3n) is 3.43. The number of carboxylic acid groups (broad SMARTS) is 1. The summed E-state index contributed by atoms with van der Waals surface area (Å²) in [5.41, 5.74) is 2.74. The van der Waals surface area contributed by atoms with Crippen LogP contribution in [0.25, 0.3) is 0 Å². The standard InChI is InChI=1S/C14H19N3O3/c1-9(16-14(19)20)8-17-6-5-10-7-11(15-2)3-4-12(10)13(17)18/h3-4,7,9,15-16H,5-6,8H2,1-2H3,(H,19,20)/t9-/m1/s1. The minimum atomic E-state index is -1.07. The van der Waals surface area contributed by atoms with E-state index < -0.39 is 6.09 Å². The van der Waals surface area contributed by atoms with Crippen LogP contribution in [-0.4, -0.2) is 48.2 Å². The number of rotatable bonds is 4. The molecule has 1 aromatic carbocycles. The lowest BCUT2D eigenvalue weighted by atomic mass is 9.98. The lowest BCUT2D eigenvalue weighted by Gasteiger charge is -2.31. The van der Waals surface area contributed by atoms with Gasteiger partial charge in [0.25, 0.3) is 5.91 Å². The van der Waals surface area contributed by atoms with Crippen LogP contribution in [0.2, 0.25) is 0 Å². The number of hydrogen-bond acceptors (Lipinski definition) is 3. The number of anilines is 1. The van der Waals surface area contributed by atoms with Crippen LogP contribution in [-0.2, 0) is 6.42 Å². The van der Waals surface area contributed by atoms with Gasteiger partial charge in [-0.3, -0.25) is 4.79 Å². The predicted molar refractivity (Wildman–Crippen MR) is 76.2 cm³/mol. The molecule has 0 unspecified atom stereocenters. The number of carbonyl (C=O) groups excluding carboxylic acids is 1. The zero-order chi connectivity index (χ0) is 14.7. The van der Waals surface area contributed by atoms with Crippen LogP contribution in [0.1, 0.15) is 22.8 Å². The Labute approximate surface area is 117 Å². The maximum absolute atomic E-state index is 12.4. The summed E-state index contributed by atoms with van der Waals surface area (Å²) < 4.78 is 0. The van der Waals surface area contributed by atoms with Gasteiger partial charge in [0.1, 0.15) is 0 Å². The second-order valence-electron chi connectivity index (χ2n) is 4.97. The molecule has 1 heterocycles. The molecule has 1 aliphatic rings. The minimum absolute atomic E-state index is 0.0343. The summed E-state index contributed by atoms with van der Waals surface area (Å²) in [7, 11) is 1.85. The summed E-state index contributed by atoms with van der Waals surface area (Å²) in [5, 5.41) is 14.1. The molecule has 6 nitrogen and oxygen atoms in total. The normalized spacial score (nSPS) is 15.5. The zero-order valence-electron chi connectivity index (χ0n) is 11.6. The summed E-state index contributed by atoms with van der Waals surface area (Å²) in [5.74, 6) is -0.0343. The fourth-order valence-corrected chi connectivity index (χ4v) is 2.45. The molecule has 0 saturated heterocycles. The van der Waals surface area contributed by atoms with E-state index in [4.69, 9.17) is 5.11 Å². The van der Waals surface area contributed by atoms with Crippen molar-refractivity contribution in [2.75, 3.05) is 25.5 Å². The van der Waals surface area contributed by atoms with E-state index in [2.05, 4.69) is 10.6 Å². The molecule has 0 saturated carbocycles. The smallest absolute Gasteiger partial charge is 0.404 e.